The molecule has 7 nitrogen and oxygen atoms in total. The Hall–Kier alpha value is -2.70. The van der Waals surface area contributed by atoms with Crippen LogP contribution in [0.15, 0.2) is 24.4 Å². The molecule has 0 radical (unpaired) electrons. The van der Waals surface area contributed by atoms with Crippen LogP contribution in [0.1, 0.15) is 34.9 Å². The summed E-state index contributed by atoms with van der Waals surface area (Å²) in [6.45, 7) is 0.606. The predicted octanol–water partition coefficient (Wildman–Crippen LogP) is 1.69. The molecule has 0 aliphatic carbocycles. The Morgan fingerprint density at radius 1 is 1.41 bits per heavy atom. The van der Waals surface area contributed by atoms with Crippen molar-refractivity contribution in [2.75, 3.05) is 7.11 Å². The van der Waals surface area contributed by atoms with Gasteiger partial charge in [-0.1, -0.05) is 6.07 Å². The third-order valence-corrected chi connectivity index (χ3v) is 3.79. The van der Waals surface area contributed by atoms with Gasteiger partial charge in [0, 0.05) is 12.7 Å². The topological polar surface area (TPSA) is 94.3 Å². The summed E-state index contributed by atoms with van der Waals surface area (Å²) in [4.78, 5) is 32.0. The van der Waals surface area contributed by atoms with Crippen molar-refractivity contribution in [3.8, 4) is 11.5 Å². The molecule has 0 saturated heterocycles. The van der Waals surface area contributed by atoms with Gasteiger partial charge in [-0.05, 0) is 25.0 Å². The lowest BCUT2D eigenvalue weighted by molar-refractivity contribution is -0.143. The van der Waals surface area contributed by atoms with Crippen LogP contribution in [0.3, 0.4) is 0 Å². The van der Waals surface area contributed by atoms with Crippen LogP contribution in [0.4, 0.5) is 0 Å². The van der Waals surface area contributed by atoms with Gasteiger partial charge in [0.2, 0.25) is 0 Å². The number of carboxylic acid groups (broad SMARTS) is 1. The monoisotopic (exact) mass is 301 g/mol. The van der Waals surface area contributed by atoms with Gasteiger partial charge in [0.15, 0.2) is 11.5 Å². The van der Waals surface area contributed by atoms with Crippen molar-refractivity contribution in [1.82, 2.24) is 14.5 Å². The first-order valence-electron chi connectivity index (χ1n) is 6.96. The second kappa shape index (κ2) is 5.59. The van der Waals surface area contributed by atoms with Crippen LogP contribution in [0.2, 0.25) is 0 Å². The van der Waals surface area contributed by atoms with Crippen LogP contribution < -0.4 is 0 Å². The summed E-state index contributed by atoms with van der Waals surface area (Å²) in [6, 6.07) is 5.35. The zero-order valence-corrected chi connectivity index (χ0v) is 12.0. The molecule has 7 heteroatoms. The van der Waals surface area contributed by atoms with Gasteiger partial charge in [0.25, 0.3) is 0 Å². The maximum atomic E-state index is 12.0. The minimum atomic E-state index is -1.15. The van der Waals surface area contributed by atoms with E-state index < -0.39 is 17.9 Å². The highest BCUT2D eigenvalue weighted by Crippen LogP contribution is 2.34. The number of ether oxygens (including phenoxy) is 1. The molecule has 3 rings (SSSR count). The molecule has 0 fully saturated rings. The SMILES string of the molecule is COC(=O)C1CCCn2c(-c3ccccn3)nc(C(=O)O)c21. The van der Waals surface area contributed by atoms with Crippen LogP contribution in [0.25, 0.3) is 11.5 Å². The van der Waals surface area contributed by atoms with Gasteiger partial charge in [0.05, 0.1) is 18.7 Å². The normalized spacial score (nSPS) is 16.9. The standard InChI is InChI=1S/C15H15N3O4/c1-22-15(21)9-5-4-8-18-12(9)11(14(19)20)17-13(18)10-6-2-3-7-16-10/h2-3,6-7,9H,4-5,8H2,1H3,(H,19,20). The summed E-state index contributed by atoms with van der Waals surface area (Å²) >= 11 is 0. The molecule has 3 heterocycles. The van der Waals surface area contributed by atoms with E-state index in [-0.39, 0.29) is 5.69 Å². The number of imidazole rings is 1. The molecule has 1 unspecified atom stereocenters. The minimum absolute atomic E-state index is 0.101. The number of hydrogen-bond acceptors (Lipinski definition) is 5. The molecule has 0 spiro atoms. The van der Waals surface area contributed by atoms with E-state index in [1.165, 1.54) is 7.11 Å². The van der Waals surface area contributed by atoms with Crippen molar-refractivity contribution in [1.29, 1.82) is 0 Å². The Morgan fingerprint density at radius 3 is 2.86 bits per heavy atom. The maximum Gasteiger partial charge on any atom is 0.356 e. The first-order chi connectivity index (χ1) is 10.6. The zero-order chi connectivity index (χ0) is 15.7. The molecular weight excluding hydrogens is 286 g/mol. The largest absolute Gasteiger partial charge is 0.476 e. The molecule has 114 valence electrons. The van der Waals surface area contributed by atoms with Crippen molar-refractivity contribution in [3.05, 3.63) is 35.8 Å². The summed E-state index contributed by atoms with van der Waals surface area (Å²) in [5.41, 5.74) is 0.892. The predicted molar refractivity (Wildman–Crippen MR) is 76.4 cm³/mol. The lowest BCUT2D eigenvalue weighted by atomic mass is 9.94. The van der Waals surface area contributed by atoms with E-state index in [4.69, 9.17) is 4.74 Å². The van der Waals surface area contributed by atoms with Gasteiger partial charge in [-0.15, -0.1) is 0 Å². The maximum absolute atomic E-state index is 12.0. The van der Waals surface area contributed by atoms with Crippen molar-refractivity contribution in [2.45, 2.75) is 25.3 Å². The summed E-state index contributed by atoms with van der Waals surface area (Å²) in [7, 11) is 1.30. The Morgan fingerprint density at radius 2 is 2.23 bits per heavy atom. The van der Waals surface area contributed by atoms with Gasteiger partial charge < -0.3 is 14.4 Å². The van der Waals surface area contributed by atoms with E-state index in [1.54, 1.807) is 22.9 Å². The van der Waals surface area contributed by atoms with Crippen molar-refractivity contribution < 1.29 is 19.4 Å². The average Bonchev–Trinajstić information content (AvgIpc) is 2.95. The molecule has 1 aliphatic heterocycles. The molecule has 0 saturated carbocycles. The van der Waals surface area contributed by atoms with E-state index in [0.29, 0.717) is 30.2 Å². The minimum Gasteiger partial charge on any atom is -0.476 e. The van der Waals surface area contributed by atoms with E-state index in [1.807, 2.05) is 6.07 Å². The molecule has 0 aromatic carbocycles. The number of fused-ring (bicyclic) bond motifs is 1. The van der Waals surface area contributed by atoms with Crippen molar-refractivity contribution >= 4 is 11.9 Å². The van der Waals surface area contributed by atoms with Gasteiger partial charge in [-0.3, -0.25) is 9.78 Å². The highest BCUT2D eigenvalue weighted by Gasteiger charge is 2.35. The smallest absolute Gasteiger partial charge is 0.356 e. The zero-order valence-electron chi connectivity index (χ0n) is 12.0. The lowest BCUT2D eigenvalue weighted by Gasteiger charge is -2.23. The number of esters is 1. The van der Waals surface area contributed by atoms with Crippen LogP contribution in [0, 0.1) is 0 Å². The highest BCUT2D eigenvalue weighted by molar-refractivity contribution is 5.91. The molecule has 1 atom stereocenters. The Labute approximate surface area is 126 Å². The summed E-state index contributed by atoms with van der Waals surface area (Å²) in [6.07, 6.45) is 2.93. The molecule has 2 aromatic heterocycles. The summed E-state index contributed by atoms with van der Waals surface area (Å²) in [5, 5.41) is 9.42. The fraction of sp³-hybridized carbons (Fsp3) is 0.333. The van der Waals surface area contributed by atoms with Gasteiger partial charge in [-0.25, -0.2) is 9.78 Å². The molecule has 1 aliphatic rings. The number of carbonyl (C=O) groups is 2. The third kappa shape index (κ3) is 2.24. The van der Waals surface area contributed by atoms with Crippen LogP contribution in [0.5, 0.6) is 0 Å². The number of carboxylic acids is 1. The molecule has 22 heavy (non-hydrogen) atoms. The molecule has 2 aromatic rings. The first-order valence-corrected chi connectivity index (χ1v) is 6.96. The quantitative estimate of drug-likeness (QED) is 0.867. The van der Waals surface area contributed by atoms with Gasteiger partial charge in [0.1, 0.15) is 5.69 Å². The van der Waals surface area contributed by atoms with E-state index in [0.717, 1.165) is 6.42 Å². The van der Waals surface area contributed by atoms with Gasteiger partial charge >= 0.3 is 11.9 Å². The number of rotatable bonds is 3. The van der Waals surface area contributed by atoms with Gasteiger partial charge in [-0.2, -0.15) is 0 Å². The fourth-order valence-corrected chi connectivity index (χ4v) is 2.85. The number of pyridine rings is 1. The summed E-state index contributed by atoms with van der Waals surface area (Å²) < 4.78 is 6.58. The van der Waals surface area contributed by atoms with E-state index in [2.05, 4.69) is 9.97 Å². The number of aromatic nitrogens is 3. The lowest BCUT2D eigenvalue weighted by Crippen LogP contribution is -2.25. The number of aromatic carboxylic acids is 1. The third-order valence-electron chi connectivity index (χ3n) is 3.79. The van der Waals surface area contributed by atoms with Crippen LogP contribution in [-0.2, 0) is 16.1 Å². The second-order valence-corrected chi connectivity index (χ2v) is 5.06. The molecular formula is C15H15N3O4. The average molecular weight is 301 g/mol. The van der Waals surface area contributed by atoms with Crippen molar-refractivity contribution in [3.63, 3.8) is 0 Å². The van der Waals surface area contributed by atoms with Crippen molar-refractivity contribution in [2.24, 2.45) is 0 Å². The van der Waals surface area contributed by atoms with Crippen LogP contribution in [-0.4, -0.2) is 38.7 Å². The number of nitrogens with zero attached hydrogens (tertiary/aromatic N) is 3. The molecule has 0 amide bonds. The Bertz CT molecular complexity index is 724. The van der Waals surface area contributed by atoms with Crippen LogP contribution >= 0.6 is 0 Å². The highest BCUT2D eigenvalue weighted by atomic mass is 16.5. The molecule has 0 bridgehead atoms. The number of methoxy groups -OCH3 is 1. The Balaban J connectivity index is 2.20. The summed E-state index contributed by atoms with van der Waals surface area (Å²) in [5.74, 6) is -1.71. The first kappa shape index (κ1) is 14.2. The second-order valence-electron chi connectivity index (χ2n) is 5.06. The van der Waals surface area contributed by atoms with E-state index in [9.17, 15) is 14.7 Å². The Kier molecular flexibility index (Phi) is 3.62. The number of hydrogen-bond donors (Lipinski definition) is 1. The molecule has 1 N–H and O–H groups in total. The fourth-order valence-electron chi connectivity index (χ4n) is 2.85. The van der Waals surface area contributed by atoms with E-state index >= 15 is 0 Å². The number of carbonyl (C=O) groups excluding carboxylic acids is 1.